The minimum absolute atomic E-state index is 0.160. The van der Waals surface area contributed by atoms with Gasteiger partial charge >= 0.3 is 23.9 Å². The highest BCUT2D eigenvalue weighted by Gasteiger charge is 2.52. The van der Waals surface area contributed by atoms with E-state index in [0.29, 0.717) is 0 Å². The van der Waals surface area contributed by atoms with Gasteiger partial charge in [0.2, 0.25) is 12.2 Å². The molecule has 0 bridgehead atoms. The van der Waals surface area contributed by atoms with Crippen LogP contribution in [0.5, 0.6) is 0 Å². The lowest BCUT2D eigenvalue weighted by atomic mass is 9.88. The lowest BCUT2D eigenvalue weighted by Crippen LogP contribution is -2.66. The number of nitrogens with one attached hydrogen (secondary N) is 1. The van der Waals surface area contributed by atoms with E-state index >= 15 is 0 Å². The van der Waals surface area contributed by atoms with Gasteiger partial charge in [0.25, 0.3) is 0 Å². The Morgan fingerprint density at radius 2 is 1.67 bits per heavy atom. The van der Waals surface area contributed by atoms with Crippen LogP contribution in [0.4, 0.5) is 0 Å². The molecule has 0 aromatic carbocycles. The molecule has 0 aromatic heterocycles. The minimum Gasteiger partial charge on any atom is -0.463 e. The molecule has 0 unspecified atom stereocenters. The van der Waals surface area contributed by atoms with Crippen LogP contribution in [0.2, 0.25) is 0 Å². The fourth-order valence-corrected chi connectivity index (χ4v) is 4.20. The van der Waals surface area contributed by atoms with E-state index in [2.05, 4.69) is 5.32 Å². The molecule has 12 heteroatoms. The van der Waals surface area contributed by atoms with Crippen molar-refractivity contribution in [3.8, 4) is 0 Å². The first-order chi connectivity index (χ1) is 16.9. The molecule has 12 nitrogen and oxygen atoms in total. The summed E-state index contributed by atoms with van der Waals surface area (Å²) in [5.41, 5.74) is 0.827. The maximum Gasteiger partial charge on any atom is 0.331 e. The number of hydrogen-bond acceptors (Lipinski definition) is 11. The number of esters is 4. The SMILES string of the molecule is CC(=O)N[C@H]1[C@@H](OC2=C[C@@H]3OC(=O)C=C(C)[C@H]3C=C2)O[C@@H](COC(C)=O)[C@@H](OC(C)=O)[C@H]1OC(C)=O. The molecule has 3 rings (SSSR count). The highest BCUT2D eigenvalue weighted by molar-refractivity contribution is 5.84. The molecule has 1 N–H and O–H groups in total. The van der Waals surface area contributed by atoms with Crippen molar-refractivity contribution in [3.05, 3.63) is 35.6 Å². The second-order valence-corrected chi connectivity index (χ2v) is 8.58. The van der Waals surface area contributed by atoms with Gasteiger partial charge in [0.15, 0.2) is 12.2 Å². The van der Waals surface area contributed by atoms with E-state index in [0.717, 1.165) is 19.4 Å². The smallest absolute Gasteiger partial charge is 0.331 e. The molecule has 1 amide bonds. The summed E-state index contributed by atoms with van der Waals surface area (Å²) in [5, 5.41) is 2.62. The molecular formula is C24H29NO11. The predicted octanol–water partition coefficient (Wildman–Crippen LogP) is 0.601. The molecule has 1 saturated heterocycles. The van der Waals surface area contributed by atoms with E-state index in [1.165, 1.54) is 19.9 Å². The zero-order valence-electron chi connectivity index (χ0n) is 20.5. The van der Waals surface area contributed by atoms with Crippen molar-refractivity contribution in [3.63, 3.8) is 0 Å². The third-order valence-electron chi connectivity index (χ3n) is 5.60. The van der Waals surface area contributed by atoms with Crippen LogP contribution in [0.3, 0.4) is 0 Å². The summed E-state index contributed by atoms with van der Waals surface area (Å²) >= 11 is 0. The van der Waals surface area contributed by atoms with Gasteiger partial charge in [-0.1, -0.05) is 11.6 Å². The number of rotatable bonds is 7. The summed E-state index contributed by atoms with van der Waals surface area (Å²) in [6.45, 7) is 6.21. The Balaban J connectivity index is 1.93. The second-order valence-electron chi connectivity index (χ2n) is 8.58. The van der Waals surface area contributed by atoms with Crippen LogP contribution in [-0.4, -0.2) is 73.1 Å². The monoisotopic (exact) mass is 507 g/mol. The topological polar surface area (TPSA) is 153 Å². The van der Waals surface area contributed by atoms with Gasteiger partial charge in [-0.15, -0.1) is 0 Å². The first-order valence-electron chi connectivity index (χ1n) is 11.3. The van der Waals surface area contributed by atoms with Crippen LogP contribution < -0.4 is 5.32 Å². The van der Waals surface area contributed by atoms with Gasteiger partial charge in [-0.25, -0.2) is 4.79 Å². The number of fused-ring (bicyclic) bond motifs is 1. The summed E-state index contributed by atoms with van der Waals surface area (Å²) in [6, 6.07) is -1.12. The Labute approximate surface area is 207 Å². The zero-order chi connectivity index (χ0) is 26.6. The van der Waals surface area contributed by atoms with Gasteiger partial charge < -0.3 is 33.7 Å². The number of amides is 1. The molecule has 1 aliphatic carbocycles. The first kappa shape index (κ1) is 26.9. The highest BCUT2D eigenvalue weighted by atomic mass is 16.7. The molecule has 7 atom stereocenters. The van der Waals surface area contributed by atoms with Crippen LogP contribution in [0.15, 0.2) is 35.6 Å². The fourth-order valence-electron chi connectivity index (χ4n) is 4.20. The molecule has 0 spiro atoms. The number of carbonyl (C=O) groups is 5. The van der Waals surface area contributed by atoms with Crippen molar-refractivity contribution in [1.82, 2.24) is 5.32 Å². The third-order valence-corrected chi connectivity index (χ3v) is 5.60. The summed E-state index contributed by atoms with van der Waals surface area (Å²) in [7, 11) is 0. The standard InChI is InChI=1S/C24H29NO11/c1-11-8-20(30)35-18-9-16(6-7-17(11)18)34-24-21(25-12(2)26)23(33-15(5)29)22(32-14(4)28)19(36-24)10-31-13(3)27/h6-9,17-19,21-24H,10H2,1-5H3,(H,25,26)/t17-,18+,19+,21-,22-,23+,24+/m1/s1. The maximum atomic E-state index is 12.0. The van der Waals surface area contributed by atoms with Crippen molar-refractivity contribution in [2.75, 3.05) is 6.61 Å². The van der Waals surface area contributed by atoms with Crippen LogP contribution in [-0.2, 0) is 52.4 Å². The van der Waals surface area contributed by atoms with Crippen molar-refractivity contribution < 1.29 is 52.4 Å². The normalized spacial score (nSPS) is 31.0. The Bertz CT molecular complexity index is 1010. The molecule has 0 radical (unpaired) electrons. The summed E-state index contributed by atoms with van der Waals surface area (Å²) in [5.74, 6) is -2.91. The van der Waals surface area contributed by atoms with Crippen LogP contribution >= 0.6 is 0 Å². The average molecular weight is 507 g/mol. The third kappa shape index (κ3) is 6.72. The largest absolute Gasteiger partial charge is 0.463 e. The van der Waals surface area contributed by atoms with Crippen molar-refractivity contribution in [1.29, 1.82) is 0 Å². The van der Waals surface area contributed by atoms with Crippen molar-refractivity contribution in [2.24, 2.45) is 5.92 Å². The summed E-state index contributed by atoms with van der Waals surface area (Å²) < 4.78 is 33.2. The molecule has 196 valence electrons. The lowest BCUT2D eigenvalue weighted by molar-refractivity contribution is -0.268. The molecule has 0 saturated carbocycles. The number of ether oxygens (including phenoxy) is 6. The Kier molecular flexibility index (Phi) is 8.51. The Hall–Kier alpha value is -3.67. The second kappa shape index (κ2) is 11.4. The molecule has 2 heterocycles. The molecule has 36 heavy (non-hydrogen) atoms. The fraction of sp³-hybridized carbons (Fsp3) is 0.542. The first-order valence-corrected chi connectivity index (χ1v) is 11.3. The highest BCUT2D eigenvalue weighted by Crippen LogP contribution is 2.33. The number of carbonyl (C=O) groups excluding carboxylic acids is 5. The number of hydrogen-bond donors (Lipinski definition) is 1. The summed E-state index contributed by atoms with van der Waals surface area (Å²) in [4.78, 5) is 59.1. The Morgan fingerprint density at radius 3 is 2.28 bits per heavy atom. The van der Waals surface area contributed by atoms with Crippen molar-refractivity contribution in [2.45, 2.75) is 71.4 Å². The van der Waals surface area contributed by atoms with Crippen molar-refractivity contribution >= 4 is 29.8 Å². The van der Waals surface area contributed by atoms with Gasteiger partial charge in [0.05, 0.1) is 0 Å². The van der Waals surface area contributed by atoms with E-state index in [9.17, 15) is 24.0 Å². The molecule has 1 fully saturated rings. The Morgan fingerprint density at radius 1 is 1.00 bits per heavy atom. The van der Waals surface area contributed by atoms with Gasteiger partial charge in [0.1, 0.15) is 30.6 Å². The van der Waals surface area contributed by atoms with Gasteiger partial charge in [-0.3, -0.25) is 19.2 Å². The van der Waals surface area contributed by atoms with E-state index in [1.54, 1.807) is 18.2 Å². The minimum atomic E-state index is -1.27. The van der Waals surface area contributed by atoms with Crippen LogP contribution in [0.1, 0.15) is 34.6 Å². The average Bonchev–Trinajstić information content (AvgIpc) is 2.75. The lowest BCUT2D eigenvalue weighted by Gasteiger charge is -2.45. The predicted molar refractivity (Wildman–Crippen MR) is 119 cm³/mol. The van der Waals surface area contributed by atoms with Gasteiger partial charge in [-0.05, 0) is 19.1 Å². The van der Waals surface area contributed by atoms with Crippen LogP contribution in [0, 0.1) is 5.92 Å². The zero-order valence-corrected chi connectivity index (χ0v) is 20.5. The van der Waals surface area contributed by atoms with E-state index in [4.69, 9.17) is 28.4 Å². The van der Waals surface area contributed by atoms with E-state index in [1.807, 2.05) is 6.92 Å². The number of allylic oxidation sites excluding steroid dienone is 1. The quantitative estimate of drug-likeness (QED) is 0.381. The molecule has 0 aromatic rings. The van der Waals surface area contributed by atoms with Gasteiger partial charge in [-0.2, -0.15) is 0 Å². The van der Waals surface area contributed by atoms with E-state index < -0.39 is 66.5 Å². The van der Waals surface area contributed by atoms with E-state index in [-0.39, 0.29) is 18.3 Å². The van der Waals surface area contributed by atoms with Crippen LogP contribution in [0.25, 0.3) is 0 Å². The molecular weight excluding hydrogens is 478 g/mol. The van der Waals surface area contributed by atoms with Gasteiger partial charge in [0, 0.05) is 39.7 Å². The molecule has 2 aliphatic heterocycles. The molecule has 3 aliphatic rings. The summed E-state index contributed by atoms with van der Waals surface area (Å²) in [6.07, 6.45) is 1.02. The maximum absolute atomic E-state index is 12.0.